The van der Waals surface area contributed by atoms with Crippen LogP contribution in [0.5, 0.6) is 0 Å². The van der Waals surface area contributed by atoms with Gasteiger partial charge in [0.2, 0.25) is 0 Å². The van der Waals surface area contributed by atoms with Crippen molar-refractivity contribution in [3.05, 3.63) is 58.4 Å². The van der Waals surface area contributed by atoms with Crippen LogP contribution in [0.3, 0.4) is 0 Å². The van der Waals surface area contributed by atoms with Gasteiger partial charge < -0.3 is 4.57 Å². The molecule has 0 N–H and O–H groups in total. The summed E-state index contributed by atoms with van der Waals surface area (Å²) in [6.07, 6.45) is 4.02. The van der Waals surface area contributed by atoms with Crippen LogP contribution in [0.15, 0.2) is 36.5 Å². The van der Waals surface area contributed by atoms with Gasteiger partial charge in [0.05, 0.1) is 12.2 Å². The van der Waals surface area contributed by atoms with E-state index in [1.54, 1.807) is 48.1 Å². The van der Waals surface area contributed by atoms with E-state index in [2.05, 4.69) is 4.90 Å². The number of likely N-dealkylation sites (tertiary alicyclic amines) is 1. The van der Waals surface area contributed by atoms with Crippen molar-refractivity contribution in [1.29, 1.82) is 0 Å². The number of Topliss-reactive ketones (excluding diaryl/α,β-unsaturated/α-hetero) is 1. The molecule has 0 bridgehead atoms. The summed E-state index contributed by atoms with van der Waals surface area (Å²) < 4.78 is 1.74. The second kappa shape index (κ2) is 6.69. The van der Waals surface area contributed by atoms with Crippen LogP contribution >= 0.6 is 11.6 Å². The molecule has 120 valence electrons. The van der Waals surface area contributed by atoms with Crippen molar-refractivity contribution in [2.45, 2.75) is 12.8 Å². The zero-order valence-corrected chi connectivity index (χ0v) is 13.8. The summed E-state index contributed by atoms with van der Waals surface area (Å²) in [5.41, 5.74) is 1.67. The van der Waals surface area contributed by atoms with Gasteiger partial charge >= 0.3 is 0 Å². The van der Waals surface area contributed by atoms with Crippen molar-refractivity contribution in [3.63, 3.8) is 0 Å². The number of rotatable bonds is 5. The number of hydrogen-bond acceptors (Lipinski definition) is 3. The van der Waals surface area contributed by atoms with Crippen molar-refractivity contribution in [1.82, 2.24) is 9.47 Å². The molecule has 5 heteroatoms. The molecule has 0 saturated carbocycles. The van der Waals surface area contributed by atoms with Crippen LogP contribution in [0.4, 0.5) is 0 Å². The van der Waals surface area contributed by atoms with E-state index in [-0.39, 0.29) is 11.6 Å². The minimum atomic E-state index is -0.0995. The Bertz CT molecular complexity index is 728. The number of halogens is 1. The van der Waals surface area contributed by atoms with Crippen molar-refractivity contribution < 1.29 is 9.59 Å². The lowest BCUT2D eigenvalue weighted by Crippen LogP contribution is -2.27. The number of nitrogens with zero attached hydrogens (tertiary/aromatic N) is 2. The van der Waals surface area contributed by atoms with Gasteiger partial charge in [-0.15, -0.1) is 0 Å². The van der Waals surface area contributed by atoms with E-state index in [1.807, 2.05) is 0 Å². The second-order valence-electron chi connectivity index (χ2n) is 5.97. The van der Waals surface area contributed by atoms with E-state index in [0.717, 1.165) is 25.9 Å². The Hall–Kier alpha value is -1.91. The highest BCUT2D eigenvalue weighted by atomic mass is 35.5. The molecule has 0 amide bonds. The lowest BCUT2D eigenvalue weighted by molar-refractivity contribution is 0.0937. The molecule has 0 radical (unpaired) electrons. The fourth-order valence-corrected chi connectivity index (χ4v) is 3.08. The highest BCUT2D eigenvalue weighted by Crippen LogP contribution is 2.17. The van der Waals surface area contributed by atoms with Crippen molar-refractivity contribution in [3.8, 4) is 0 Å². The Morgan fingerprint density at radius 1 is 1.09 bits per heavy atom. The van der Waals surface area contributed by atoms with E-state index in [1.165, 1.54) is 0 Å². The molecule has 0 unspecified atom stereocenters. The van der Waals surface area contributed by atoms with Gasteiger partial charge in [-0.05, 0) is 56.3 Å². The highest BCUT2D eigenvalue weighted by molar-refractivity contribution is 6.30. The van der Waals surface area contributed by atoms with Crippen molar-refractivity contribution >= 4 is 23.2 Å². The van der Waals surface area contributed by atoms with E-state index in [9.17, 15) is 9.59 Å². The number of ketones is 2. The molecule has 0 aliphatic carbocycles. The lowest BCUT2D eigenvalue weighted by atomic mass is 10.1. The Labute approximate surface area is 140 Å². The Balaban J connectivity index is 1.78. The molecule has 1 fully saturated rings. The molecule has 1 aliphatic rings. The van der Waals surface area contributed by atoms with Gasteiger partial charge in [0.15, 0.2) is 11.6 Å². The zero-order chi connectivity index (χ0) is 16.4. The fraction of sp³-hybridized carbons (Fsp3) is 0.333. The Morgan fingerprint density at radius 2 is 1.74 bits per heavy atom. The summed E-state index contributed by atoms with van der Waals surface area (Å²) in [5, 5.41) is 0.594. The van der Waals surface area contributed by atoms with Crippen molar-refractivity contribution in [2.75, 3.05) is 19.6 Å². The predicted octanol–water partition coefficient (Wildman–Crippen LogP) is 3.19. The van der Waals surface area contributed by atoms with Crippen LogP contribution in [-0.2, 0) is 7.05 Å². The van der Waals surface area contributed by atoms with Gasteiger partial charge in [-0.25, -0.2) is 0 Å². The number of benzene rings is 1. The summed E-state index contributed by atoms with van der Waals surface area (Å²) in [7, 11) is 1.80. The van der Waals surface area contributed by atoms with Gasteiger partial charge in [-0.3, -0.25) is 14.5 Å². The van der Waals surface area contributed by atoms with Gasteiger partial charge in [0.1, 0.15) is 0 Å². The topological polar surface area (TPSA) is 42.3 Å². The molecule has 2 aromatic rings. The Kier molecular flexibility index (Phi) is 4.64. The molecule has 1 aromatic heterocycles. The van der Waals surface area contributed by atoms with E-state index >= 15 is 0 Å². The molecule has 2 heterocycles. The third-order valence-corrected chi connectivity index (χ3v) is 4.48. The van der Waals surface area contributed by atoms with E-state index in [0.29, 0.717) is 28.4 Å². The van der Waals surface area contributed by atoms with Crippen LogP contribution in [0.25, 0.3) is 0 Å². The summed E-state index contributed by atoms with van der Waals surface area (Å²) >= 11 is 5.85. The maximum atomic E-state index is 12.5. The van der Waals surface area contributed by atoms with Crippen LogP contribution in [0.1, 0.15) is 39.3 Å². The molecule has 1 aliphatic heterocycles. The van der Waals surface area contributed by atoms with Gasteiger partial charge in [0, 0.05) is 29.4 Å². The summed E-state index contributed by atoms with van der Waals surface area (Å²) in [6.45, 7) is 2.38. The SMILES string of the molecule is Cn1cc(C(=O)c2ccc(Cl)cc2)cc1C(=O)CN1CCCC1. The number of aromatic nitrogens is 1. The van der Waals surface area contributed by atoms with Crippen LogP contribution in [0.2, 0.25) is 5.02 Å². The minimum Gasteiger partial charge on any atom is -0.347 e. The first-order valence-corrected chi connectivity index (χ1v) is 8.14. The maximum absolute atomic E-state index is 12.5. The molecule has 1 saturated heterocycles. The molecule has 4 nitrogen and oxygen atoms in total. The molecule has 23 heavy (non-hydrogen) atoms. The van der Waals surface area contributed by atoms with Crippen LogP contribution in [-0.4, -0.2) is 40.7 Å². The second-order valence-corrected chi connectivity index (χ2v) is 6.40. The minimum absolute atomic E-state index is 0.0598. The maximum Gasteiger partial charge on any atom is 0.194 e. The predicted molar refractivity (Wildman–Crippen MR) is 90.3 cm³/mol. The van der Waals surface area contributed by atoms with Gasteiger partial charge in [-0.1, -0.05) is 11.6 Å². The average molecular weight is 331 g/mol. The standard InChI is InChI=1S/C18H19ClN2O2/c1-20-11-14(18(23)13-4-6-15(19)7-5-13)10-16(20)17(22)12-21-8-2-3-9-21/h4-7,10-11H,2-3,8-9,12H2,1H3. The monoisotopic (exact) mass is 330 g/mol. The normalized spacial score (nSPS) is 15.0. The fourth-order valence-electron chi connectivity index (χ4n) is 2.96. The molecule has 1 aromatic carbocycles. The number of aryl methyl sites for hydroxylation is 1. The van der Waals surface area contributed by atoms with Gasteiger partial charge in [0.25, 0.3) is 0 Å². The summed E-state index contributed by atoms with van der Waals surface area (Å²) in [5.74, 6) is -0.0398. The number of carbonyl (C=O) groups excluding carboxylic acids is 2. The van der Waals surface area contributed by atoms with Crippen molar-refractivity contribution in [2.24, 2.45) is 7.05 Å². The summed E-state index contributed by atoms with van der Waals surface area (Å²) in [4.78, 5) is 27.1. The van der Waals surface area contributed by atoms with Crippen LogP contribution in [0, 0.1) is 0 Å². The first-order valence-electron chi connectivity index (χ1n) is 7.77. The average Bonchev–Trinajstić information content (AvgIpc) is 3.17. The quantitative estimate of drug-likeness (QED) is 0.791. The first kappa shape index (κ1) is 16.0. The third kappa shape index (κ3) is 3.54. The third-order valence-electron chi connectivity index (χ3n) is 4.23. The largest absolute Gasteiger partial charge is 0.347 e. The number of hydrogen-bond donors (Lipinski definition) is 0. The van der Waals surface area contributed by atoms with Crippen LogP contribution < -0.4 is 0 Å². The smallest absolute Gasteiger partial charge is 0.194 e. The molecule has 0 spiro atoms. The molecular weight excluding hydrogens is 312 g/mol. The number of carbonyl (C=O) groups is 2. The lowest BCUT2D eigenvalue weighted by Gasteiger charge is -2.13. The van der Waals surface area contributed by atoms with E-state index in [4.69, 9.17) is 11.6 Å². The Morgan fingerprint density at radius 3 is 2.39 bits per heavy atom. The first-order chi connectivity index (χ1) is 11.0. The van der Waals surface area contributed by atoms with E-state index < -0.39 is 0 Å². The molecule has 3 rings (SSSR count). The molecule has 0 atom stereocenters. The highest BCUT2D eigenvalue weighted by Gasteiger charge is 2.20. The summed E-state index contributed by atoms with van der Waals surface area (Å²) in [6, 6.07) is 8.47. The van der Waals surface area contributed by atoms with Gasteiger partial charge in [-0.2, -0.15) is 0 Å². The zero-order valence-electron chi connectivity index (χ0n) is 13.1. The molecular formula is C18H19ClN2O2.